The van der Waals surface area contributed by atoms with E-state index in [4.69, 9.17) is 9.63 Å². The standard InChI is InChI=1S/C12H15N3O3S.ClH/c1-8(15(2)6-5-10(16)17)12-13-11(14-18-12)9-4-3-7-19-9;/h3-4,7-8H,5-6H2,1-2H3,(H,16,17);1H. The Morgan fingerprint density at radius 2 is 2.35 bits per heavy atom. The van der Waals surface area contributed by atoms with Crippen LogP contribution in [0.25, 0.3) is 10.7 Å². The van der Waals surface area contributed by atoms with Crippen molar-refractivity contribution in [1.29, 1.82) is 0 Å². The molecule has 110 valence electrons. The molecule has 0 spiro atoms. The number of aromatic nitrogens is 2. The quantitative estimate of drug-likeness (QED) is 0.882. The maximum Gasteiger partial charge on any atom is 0.304 e. The van der Waals surface area contributed by atoms with Crippen LogP contribution in [0.15, 0.2) is 22.0 Å². The van der Waals surface area contributed by atoms with Gasteiger partial charge in [-0.2, -0.15) is 4.98 Å². The highest BCUT2D eigenvalue weighted by Crippen LogP contribution is 2.24. The predicted octanol–water partition coefficient (Wildman–Crippen LogP) is 2.69. The highest BCUT2D eigenvalue weighted by molar-refractivity contribution is 7.13. The van der Waals surface area contributed by atoms with Gasteiger partial charge in [-0.15, -0.1) is 23.7 Å². The molecule has 0 fully saturated rings. The van der Waals surface area contributed by atoms with Crippen LogP contribution in [0.1, 0.15) is 25.3 Å². The average molecular weight is 318 g/mol. The number of hydrogen-bond acceptors (Lipinski definition) is 6. The van der Waals surface area contributed by atoms with E-state index in [0.29, 0.717) is 18.3 Å². The molecule has 0 aromatic carbocycles. The molecule has 0 saturated heterocycles. The van der Waals surface area contributed by atoms with Crippen LogP contribution >= 0.6 is 23.7 Å². The number of halogens is 1. The fourth-order valence-corrected chi connectivity index (χ4v) is 2.21. The maximum atomic E-state index is 10.5. The number of nitrogens with zero attached hydrogens (tertiary/aromatic N) is 3. The first-order valence-electron chi connectivity index (χ1n) is 5.87. The van der Waals surface area contributed by atoms with E-state index in [0.717, 1.165) is 4.88 Å². The van der Waals surface area contributed by atoms with E-state index in [2.05, 4.69) is 10.1 Å². The minimum Gasteiger partial charge on any atom is -0.481 e. The summed E-state index contributed by atoms with van der Waals surface area (Å²) in [6, 6.07) is 3.75. The number of rotatable bonds is 6. The zero-order valence-electron chi connectivity index (χ0n) is 11.1. The van der Waals surface area contributed by atoms with E-state index in [1.807, 2.05) is 36.4 Å². The van der Waals surface area contributed by atoms with Gasteiger partial charge in [0.1, 0.15) is 0 Å². The molecule has 1 atom stereocenters. The number of thiophene rings is 1. The lowest BCUT2D eigenvalue weighted by Crippen LogP contribution is -2.25. The molecular formula is C12H16ClN3O3S. The lowest BCUT2D eigenvalue weighted by atomic mass is 10.2. The molecular weight excluding hydrogens is 302 g/mol. The Labute approximate surface area is 126 Å². The number of carbonyl (C=O) groups is 1. The van der Waals surface area contributed by atoms with E-state index in [1.54, 1.807) is 11.3 Å². The molecule has 2 aromatic heterocycles. The van der Waals surface area contributed by atoms with E-state index >= 15 is 0 Å². The van der Waals surface area contributed by atoms with Crippen molar-refractivity contribution in [2.75, 3.05) is 13.6 Å². The molecule has 6 nitrogen and oxygen atoms in total. The van der Waals surface area contributed by atoms with Crippen LogP contribution in [0, 0.1) is 0 Å². The fraction of sp³-hybridized carbons (Fsp3) is 0.417. The van der Waals surface area contributed by atoms with Crippen molar-refractivity contribution in [1.82, 2.24) is 15.0 Å². The van der Waals surface area contributed by atoms with Gasteiger partial charge in [0.25, 0.3) is 0 Å². The molecule has 0 bridgehead atoms. The molecule has 0 amide bonds. The van der Waals surface area contributed by atoms with Gasteiger partial charge >= 0.3 is 5.97 Å². The zero-order valence-corrected chi connectivity index (χ0v) is 12.8. The topological polar surface area (TPSA) is 79.5 Å². The number of hydrogen-bond donors (Lipinski definition) is 1. The molecule has 2 heterocycles. The van der Waals surface area contributed by atoms with Crippen molar-refractivity contribution in [3.63, 3.8) is 0 Å². The maximum absolute atomic E-state index is 10.5. The second kappa shape index (κ2) is 7.37. The number of carboxylic acids is 1. The Balaban J connectivity index is 0.00000200. The van der Waals surface area contributed by atoms with E-state index in [9.17, 15) is 4.79 Å². The second-order valence-electron chi connectivity index (χ2n) is 4.23. The third-order valence-electron chi connectivity index (χ3n) is 2.88. The van der Waals surface area contributed by atoms with Crippen LogP contribution in [0.3, 0.4) is 0 Å². The smallest absolute Gasteiger partial charge is 0.304 e. The highest BCUT2D eigenvalue weighted by atomic mass is 35.5. The molecule has 0 saturated carbocycles. The van der Waals surface area contributed by atoms with Crippen molar-refractivity contribution in [3.8, 4) is 10.7 Å². The summed E-state index contributed by atoms with van der Waals surface area (Å²) in [4.78, 5) is 17.7. The summed E-state index contributed by atoms with van der Waals surface area (Å²) in [6.07, 6.45) is 0.0900. The first kappa shape index (κ1) is 16.6. The molecule has 1 unspecified atom stereocenters. The Hall–Kier alpha value is -1.44. The minimum atomic E-state index is -0.816. The van der Waals surface area contributed by atoms with Crippen LogP contribution in [0.2, 0.25) is 0 Å². The monoisotopic (exact) mass is 317 g/mol. The third-order valence-corrected chi connectivity index (χ3v) is 3.75. The molecule has 0 radical (unpaired) electrons. The largest absolute Gasteiger partial charge is 0.481 e. The predicted molar refractivity (Wildman–Crippen MR) is 78.2 cm³/mol. The van der Waals surface area contributed by atoms with Crippen LogP contribution in [0.5, 0.6) is 0 Å². The first-order valence-corrected chi connectivity index (χ1v) is 6.75. The average Bonchev–Trinajstić information content (AvgIpc) is 3.04. The van der Waals surface area contributed by atoms with Crippen molar-refractivity contribution >= 4 is 29.7 Å². The molecule has 0 aliphatic heterocycles. The highest BCUT2D eigenvalue weighted by Gasteiger charge is 2.19. The molecule has 1 N–H and O–H groups in total. The van der Waals surface area contributed by atoms with Crippen molar-refractivity contribution < 1.29 is 14.4 Å². The van der Waals surface area contributed by atoms with E-state index in [-0.39, 0.29) is 24.9 Å². The molecule has 0 aliphatic rings. The van der Waals surface area contributed by atoms with Crippen LogP contribution < -0.4 is 0 Å². The number of carboxylic acid groups (broad SMARTS) is 1. The number of aliphatic carboxylic acids is 1. The van der Waals surface area contributed by atoms with Crippen molar-refractivity contribution in [2.24, 2.45) is 0 Å². The first-order chi connectivity index (χ1) is 9.08. The Kier molecular flexibility index (Phi) is 6.12. The van der Waals surface area contributed by atoms with Gasteiger partial charge in [-0.25, -0.2) is 0 Å². The Morgan fingerprint density at radius 1 is 1.60 bits per heavy atom. The summed E-state index contributed by atoms with van der Waals surface area (Å²) >= 11 is 1.55. The minimum absolute atomic E-state index is 0. The van der Waals surface area contributed by atoms with E-state index in [1.165, 1.54) is 0 Å². The summed E-state index contributed by atoms with van der Waals surface area (Å²) in [7, 11) is 1.84. The lowest BCUT2D eigenvalue weighted by Gasteiger charge is -2.20. The van der Waals surface area contributed by atoms with Gasteiger partial charge in [-0.1, -0.05) is 11.2 Å². The van der Waals surface area contributed by atoms with E-state index < -0.39 is 5.97 Å². The molecule has 8 heteroatoms. The lowest BCUT2D eigenvalue weighted by molar-refractivity contribution is -0.137. The summed E-state index contributed by atoms with van der Waals surface area (Å²) in [6.45, 7) is 2.35. The Morgan fingerprint density at radius 3 is 2.95 bits per heavy atom. The molecule has 20 heavy (non-hydrogen) atoms. The molecule has 2 aromatic rings. The fourth-order valence-electron chi connectivity index (χ4n) is 1.56. The van der Waals surface area contributed by atoms with Crippen LogP contribution in [-0.4, -0.2) is 39.7 Å². The van der Waals surface area contributed by atoms with Gasteiger partial charge < -0.3 is 9.63 Å². The third kappa shape index (κ3) is 4.03. The van der Waals surface area contributed by atoms with Crippen LogP contribution in [-0.2, 0) is 4.79 Å². The Bertz CT molecular complexity index is 544. The second-order valence-corrected chi connectivity index (χ2v) is 5.18. The zero-order chi connectivity index (χ0) is 13.8. The van der Waals surface area contributed by atoms with Crippen molar-refractivity contribution in [2.45, 2.75) is 19.4 Å². The van der Waals surface area contributed by atoms with Gasteiger partial charge in [0.15, 0.2) is 0 Å². The van der Waals surface area contributed by atoms with Crippen molar-refractivity contribution in [3.05, 3.63) is 23.4 Å². The summed E-state index contributed by atoms with van der Waals surface area (Å²) in [5.74, 6) is 0.253. The van der Waals surface area contributed by atoms with Gasteiger partial charge in [-0.3, -0.25) is 9.69 Å². The summed E-state index contributed by atoms with van der Waals surface area (Å²) in [5, 5.41) is 14.6. The summed E-state index contributed by atoms with van der Waals surface area (Å²) < 4.78 is 5.23. The summed E-state index contributed by atoms with van der Waals surface area (Å²) in [5.41, 5.74) is 0. The molecule has 0 aliphatic carbocycles. The van der Waals surface area contributed by atoms with Crippen LogP contribution in [0.4, 0.5) is 0 Å². The van der Waals surface area contributed by atoms with Gasteiger partial charge in [0.2, 0.25) is 11.7 Å². The van der Waals surface area contributed by atoms with Gasteiger partial charge in [0.05, 0.1) is 17.3 Å². The van der Waals surface area contributed by atoms with Gasteiger partial charge in [-0.05, 0) is 25.4 Å². The van der Waals surface area contributed by atoms with Gasteiger partial charge in [0, 0.05) is 6.54 Å². The SMILES string of the molecule is CC(c1nc(-c2cccs2)no1)N(C)CCC(=O)O.Cl. The normalized spacial score (nSPS) is 12.2. The molecule has 2 rings (SSSR count).